The van der Waals surface area contributed by atoms with E-state index in [1.807, 2.05) is 0 Å². The molecule has 128 valence electrons. The van der Waals surface area contributed by atoms with Gasteiger partial charge in [0.2, 0.25) is 5.91 Å². The predicted molar refractivity (Wildman–Crippen MR) is 89.1 cm³/mol. The fourth-order valence-corrected chi connectivity index (χ4v) is 2.45. The highest BCUT2D eigenvalue weighted by Gasteiger charge is 2.27. The molecule has 1 aromatic heterocycles. The number of hydrogen-bond donors (Lipinski definition) is 1. The molecule has 2 amide bonds. The lowest BCUT2D eigenvalue weighted by Crippen LogP contribution is -2.44. The van der Waals surface area contributed by atoms with Crippen LogP contribution in [-0.2, 0) is 25.7 Å². The molecular weight excluding hydrogens is 326 g/mol. The van der Waals surface area contributed by atoms with Gasteiger partial charge in [0.1, 0.15) is 13.1 Å². The molecule has 2 heterocycles. The zero-order valence-electron chi connectivity index (χ0n) is 13.2. The third-order valence-corrected chi connectivity index (χ3v) is 3.63. The number of pyridine rings is 1. The number of anilines is 2. The number of hydrogen-bond acceptors (Lipinski definition) is 5. The number of nitrogens with zero attached hydrogens (tertiary/aromatic N) is 2. The Morgan fingerprint density at radius 2 is 1.84 bits per heavy atom. The molecule has 1 N–H and O–H groups in total. The van der Waals surface area contributed by atoms with Gasteiger partial charge in [0, 0.05) is 12.3 Å². The fraction of sp³-hybridized carbons (Fsp3) is 0.176. The molecule has 8 nitrogen and oxygen atoms in total. The van der Waals surface area contributed by atoms with E-state index in [4.69, 9.17) is 4.74 Å². The Labute approximate surface area is 142 Å². The molecule has 0 spiro atoms. The summed E-state index contributed by atoms with van der Waals surface area (Å²) in [6.07, 6.45) is 1.45. The van der Waals surface area contributed by atoms with E-state index in [2.05, 4.69) is 5.32 Å². The quantitative estimate of drug-likeness (QED) is 0.811. The highest BCUT2D eigenvalue weighted by atomic mass is 16.5. The van der Waals surface area contributed by atoms with E-state index in [-0.39, 0.29) is 24.6 Å². The summed E-state index contributed by atoms with van der Waals surface area (Å²) < 4.78 is 6.12. The molecule has 0 bridgehead atoms. The minimum atomic E-state index is -0.712. The summed E-state index contributed by atoms with van der Waals surface area (Å²) in [6, 6.07) is 11.4. The van der Waals surface area contributed by atoms with E-state index in [9.17, 15) is 19.2 Å². The lowest BCUT2D eigenvalue weighted by atomic mass is 10.2. The van der Waals surface area contributed by atoms with Crippen LogP contribution in [0.3, 0.4) is 0 Å². The second-order valence-corrected chi connectivity index (χ2v) is 5.37. The van der Waals surface area contributed by atoms with Gasteiger partial charge in [-0.1, -0.05) is 18.2 Å². The van der Waals surface area contributed by atoms with Crippen LogP contribution in [0.1, 0.15) is 0 Å². The Morgan fingerprint density at radius 3 is 2.64 bits per heavy atom. The summed E-state index contributed by atoms with van der Waals surface area (Å²) >= 11 is 0. The standard InChI is InChI=1S/C17H15N3O5/c21-14-9-20(13-6-2-1-5-12(13)18-14)16(23)11-25-17(24)10-19-8-4-3-7-15(19)22/h1-8H,9-11H2,(H,18,21). The topological polar surface area (TPSA) is 97.7 Å². The first kappa shape index (κ1) is 16.4. The van der Waals surface area contributed by atoms with Crippen molar-refractivity contribution in [2.75, 3.05) is 23.4 Å². The molecular formula is C17H15N3O5. The van der Waals surface area contributed by atoms with Gasteiger partial charge in [-0.15, -0.1) is 0 Å². The average molecular weight is 341 g/mol. The van der Waals surface area contributed by atoms with Crippen molar-refractivity contribution in [3.05, 3.63) is 59.0 Å². The third kappa shape index (κ3) is 3.74. The number of esters is 1. The molecule has 1 aliphatic heterocycles. The Balaban J connectivity index is 1.63. The molecule has 0 unspecified atom stereocenters. The largest absolute Gasteiger partial charge is 0.454 e. The summed E-state index contributed by atoms with van der Waals surface area (Å²) in [7, 11) is 0. The van der Waals surface area contributed by atoms with Gasteiger partial charge in [0.25, 0.3) is 11.5 Å². The molecule has 0 fully saturated rings. The van der Waals surface area contributed by atoms with Crippen molar-refractivity contribution in [2.24, 2.45) is 0 Å². The SMILES string of the molecule is O=C1CN(C(=O)COC(=O)Cn2ccccc2=O)c2ccccc2N1. The molecule has 0 saturated heterocycles. The van der Waals surface area contributed by atoms with Gasteiger partial charge in [-0.25, -0.2) is 0 Å². The van der Waals surface area contributed by atoms with E-state index in [0.29, 0.717) is 11.4 Å². The zero-order chi connectivity index (χ0) is 17.8. The average Bonchev–Trinajstić information content (AvgIpc) is 2.61. The molecule has 0 atom stereocenters. The van der Waals surface area contributed by atoms with Crippen LogP contribution in [0.4, 0.5) is 11.4 Å². The number of fused-ring (bicyclic) bond motifs is 1. The summed E-state index contributed by atoms with van der Waals surface area (Å²) in [5, 5.41) is 2.67. The normalized spacial score (nSPS) is 13.0. The van der Waals surface area contributed by atoms with Crippen LogP contribution in [-0.4, -0.2) is 35.5 Å². The number of carbonyl (C=O) groups is 3. The van der Waals surface area contributed by atoms with E-state index in [1.165, 1.54) is 21.7 Å². The van der Waals surface area contributed by atoms with E-state index >= 15 is 0 Å². The Bertz CT molecular complexity index is 890. The van der Waals surface area contributed by atoms with Crippen molar-refractivity contribution < 1.29 is 19.1 Å². The highest BCUT2D eigenvalue weighted by Crippen LogP contribution is 2.28. The van der Waals surface area contributed by atoms with Crippen molar-refractivity contribution >= 4 is 29.2 Å². The van der Waals surface area contributed by atoms with Gasteiger partial charge in [0.05, 0.1) is 11.4 Å². The predicted octanol–water partition coefficient (Wildman–Crippen LogP) is 0.377. The zero-order valence-corrected chi connectivity index (χ0v) is 13.2. The monoisotopic (exact) mass is 341 g/mol. The first-order valence-electron chi connectivity index (χ1n) is 7.55. The van der Waals surface area contributed by atoms with Gasteiger partial charge >= 0.3 is 5.97 Å². The molecule has 1 aromatic carbocycles. The van der Waals surface area contributed by atoms with E-state index in [1.54, 1.807) is 36.4 Å². The summed E-state index contributed by atoms with van der Waals surface area (Å²) in [5.74, 6) is -1.55. The fourth-order valence-electron chi connectivity index (χ4n) is 2.45. The second-order valence-electron chi connectivity index (χ2n) is 5.37. The summed E-state index contributed by atoms with van der Waals surface area (Å²) in [5.41, 5.74) is 0.726. The van der Waals surface area contributed by atoms with Gasteiger partial charge in [0.15, 0.2) is 6.61 Å². The molecule has 3 rings (SSSR count). The Morgan fingerprint density at radius 1 is 1.08 bits per heavy atom. The van der Waals surface area contributed by atoms with Crippen molar-refractivity contribution in [1.82, 2.24) is 4.57 Å². The maximum absolute atomic E-state index is 12.3. The van der Waals surface area contributed by atoms with Gasteiger partial charge < -0.3 is 14.6 Å². The van der Waals surface area contributed by atoms with Gasteiger partial charge in [-0.05, 0) is 18.2 Å². The van der Waals surface area contributed by atoms with Crippen LogP contribution in [0.25, 0.3) is 0 Å². The molecule has 0 aliphatic carbocycles. The number of para-hydroxylation sites is 2. The minimum absolute atomic E-state index is 0.147. The van der Waals surface area contributed by atoms with Crippen LogP contribution in [0, 0.1) is 0 Å². The first-order valence-corrected chi connectivity index (χ1v) is 7.55. The number of aromatic nitrogens is 1. The smallest absolute Gasteiger partial charge is 0.326 e. The van der Waals surface area contributed by atoms with Crippen LogP contribution in [0.15, 0.2) is 53.5 Å². The second kappa shape index (κ2) is 7.00. The number of rotatable bonds is 4. The van der Waals surface area contributed by atoms with Crippen LogP contribution >= 0.6 is 0 Å². The first-order chi connectivity index (χ1) is 12.0. The number of benzene rings is 1. The van der Waals surface area contributed by atoms with Crippen LogP contribution in [0.5, 0.6) is 0 Å². The Kier molecular flexibility index (Phi) is 4.60. The molecule has 2 aromatic rings. The Hall–Kier alpha value is -3.42. The summed E-state index contributed by atoms with van der Waals surface area (Å²) in [4.78, 5) is 48.7. The number of nitrogens with one attached hydrogen (secondary N) is 1. The molecule has 1 aliphatic rings. The number of amides is 2. The van der Waals surface area contributed by atoms with Gasteiger partial charge in [-0.3, -0.25) is 24.1 Å². The minimum Gasteiger partial charge on any atom is -0.454 e. The maximum Gasteiger partial charge on any atom is 0.326 e. The van der Waals surface area contributed by atoms with Crippen LogP contribution in [0.2, 0.25) is 0 Å². The van der Waals surface area contributed by atoms with Crippen molar-refractivity contribution in [3.8, 4) is 0 Å². The third-order valence-electron chi connectivity index (χ3n) is 3.63. The van der Waals surface area contributed by atoms with E-state index in [0.717, 1.165) is 0 Å². The molecule has 8 heteroatoms. The maximum atomic E-state index is 12.3. The summed E-state index contributed by atoms with van der Waals surface area (Å²) in [6.45, 7) is -0.947. The van der Waals surface area contributed by atoms with Crippen molar-refractivity contribution in [1.29, 1.82) is 0 Å². The highest BCUT2D eigenvalue weighted by molar-refractivity contribution is 6.10. The lowest BCUT2D eigenvalue weighted by molar-refractivity contribution is -0.148. The number of ether oxygens (including phenoxy) is 1. The van der Waals surface area contributed by atoms with Crippen LogP contribution < -0.4 is 15.8 Å². The molecule has 0 radical (unpaired) electrons. The van der Waals surface area contributed by atoms with Crippen molar-refractivity contribution in [3.63, 3.8) is 0 Å². The van der Waals surface area contributed by atoms with Crippen molar-refractivity contribution in [2.45, 2.75) is 6.54 Å². The number of carbonyl (C=O) groups excluding carboxylic acids is 3. The van der Waals surface area contributed by atoms with E-state index < -0.39 is 18.5 Å². The molecule has 0 saturated carbocycles. The lowest BCUT2D eigenvalue weighted by Gasteiger charge is -2.28. The molecule has 25 heavy (non-hydrogen) atoms. The van der Waals surface area contributed by atoms with Gasteiger partial charge in [-0.2, -0.15) is 0 Å².